The van der Waals surface area contributed by atoms with E-state index in [1.807, 2.05) is 0 Å². The number of para-hydroxylation sites is 2. The third kappa shape index (κ3) is 6.08. The van der Waals surface area contributed by atoms with E-state index in [4.69, 9.17) is 16.6 Å². The average molecular weight is 516 g/mol. The first-order valence-corrected chi connectivity index (χ1v) is 12.7. The number of nitrogens with one attached hydrogen (secondary N) is 2. The maximum atomic E-state index is 12.9. The molecule has 0 aromatic heterocycles. The van der Waals surface area contributed by atoms with Crippen molar-refractivity contribution in [3.63, 3.8) is 0 Å². The van der Waals surface area contributed by atoms with Crippen LogP contribution in [0.5, 0.6) is 0 Å². The summed E-state index contributed by atoms with van der Waals surface area (Å²) < 4.78 is 23.8. The molecular weight excluding hydrogens is 490 g/mol. The van der Waals surface area contributed by atoms with Crippen molar-refractivity contribution in [1.82, 2.24) is 0 Å². The predicted octanol–water partition coefficient (Wildman–Crippen LogP) is 3.42. The van der Waals surface area contributed by atoms with E-state index in [1.54, 1.807) is 91.0 Å². The number of anilines is 2. The lowest BCUT2D eigenvalue weighted by atomic mass is 10.0. The zero-order valence-electron chi connectivity index (χ0n) is 19.6. The standard InChI is InChI=1S/C27H25N5O4S/c28-25(29)19-6-5-7-20(16-19)27(34)32-23-10-3-2-9-22(23)31-26(33)18-14-12-17(13-15-18)21-8-1-4-11-24(21)37(30,35)36/h1-16,25H,28-29H2,(H,31,33)(H,32,34)(H2,30,35,36). The van der Waals surface area contributed by atoms with E-state index in [-0.39, 0.29) is 10.8 Å². The molecular formula is C27H25N5O4S. The number of amides is 2. The fourth-order valence-electron chi connectivity index (χ4n) is 3.73. The lowest BCUT2D eigenvalue weighted by Crippen LogP contribution is -2.21. The van der Waals surface area contributed by atoms with Gasteiger partial charge in [0.25, 0.3) is 11.8 Å². The summed E-state index contributed by atoms with van der Waals surface area (Å²) in [5, 5.41) is 10.9. The van der Waals surface area contributed by atoms with Crippen LogP contribution >= 0.6 is 0 Å². The summed E-state index contributed by atoms with van der Waals surface area (Å²) in [6.07, 6.45) is -0.709. The molecule has 0 saturated heterocycles. The van der Waals surface area contributed by atoms with Gasteiger partial charge in [-0.05, 0) is 53.6 Å². The molecule has 37 heavy (non-hydrogen) atoms. The Labute approximate surface area is 214 Å². The van der Waals surface area contributed by atoms with Crippen molar-refractivity contribution >= 4 is 33.2 Å². The Hall–Kier alpha value is -4.35. The fourth-order valence-corrected chi connectivity index (χ4v) is 4.49. The van der Waals surface area contributed by atoms with Crippen LogP contribution in [-0.4, -0.2) is 20.2 Å². The highest BCUT2D eigenvalue weighted by Gasteiger charge is 2.16. The molecule has 0 heterocycles. The molecule has 0 atom stereocenters. The molecule has 4 aromatic rings. The Morgan fingerprint density at radius 3 is 1.84 bits per heavy atom. The fraction of sp³-hybridized carbons (Fsp3) is 0.0370. The minimum atomic E-state index is -3.92. The first-order chi connectivity index (χ1) is 17.6. The molecule has 188 valence electrons. The minimum absolute atomic E-state index is 0.00384. The summed E-state index contributed by atoms with van der Waals surface area (Å²) in [5.41, 5.74) is 14.6. The number of rotatable bonds is 7. The van der Waals surface area contributed by atoms with Gasteiger partial charge in [-0.3, -0.25) is 9.59 Å². The molecule has 0 saturated carbocycles. The van der Waals surface area contributed by atoms with Gasteiger partial charge in [0.15, 0.2) is 0 Å². The number of carbonyl (C=O) groups excluding carboxylic acids is 2. The summed E-state index contributed by atoms with van der Waals surface area (Å²) in [7, 11) is -3.92. The van der Waals surface area contributed by atoms with Gasteiger partial charge in [0.2, 0.25) is 10.0 Å². The van der Waals surface area contributed by atoms with Gasteiger partial charge in [0, 0.05) is 16.7 Å². The summed E-state index contributed by atoms with van der Waals surface area (Å²) in [6.45, 7) is 0. The van der Waals surface area contributed by atoms with Gasteiger partial charge >= 0.3 is 0 Å². The molecule has 2 amide bonds. The third-order valence-electron chi connectivity index (χ3n) is 5.61. The molecule has 4 aromatic carbocycles. The van der Waals surface area contributed by atoms with Crippen LogP contribution in [0.4, 0.5) is 11.4 Å². The molecule has 10 heteroatoms. The van der Waals surface area contributed by atoms with Gasteiger partial charge in [-0.1, -0.05) is 54.6 Å². The van der Waals surface area contributed by atoms with Gasteiger partial charge in [0.1, 0.15) is 0 Å². The van der Waals surface area contributed by atoms with Crippen LogP contribution < -0.4 is 27.2 Å². The number of benzene rings is 4. The van der Waals surface area contributed by atoms with Crippen molar-refractivity contribution in [2.45, 2.75) is 11.1 Å². The SMILES string of the molecule is NC(N)c1cccc(C(=O)Nc2ccccc2NC(=O)c2ccc(-c3ccccc3S(N)(=O)=O)cc2)c1. The number of sulfonamides is 1. The van der Waals surface area contributed by atoms with E-state index in [0.29, 0.717) is 39.2 Å². The Morgan fingerprint density at radius 1 is 0.676 bits per heavy atom. The minimum Gasteiger partial charge on any atom is -0.320 e. The summed E-state index contributed by atoms with van der Waals surface area (Å²) in [5.74, 6) is -0.800. The summed E-state index contributed by atoms with van der Waals surface area (Å²) in [4.78, 5) is 25.8. The van der Waals surface area contributed by atoms with Crippen molar-refractivity contribution in [3.8, 4) is 11.1 Å². The molecule has 9 nitrogen and oxygen atoms in total. The molecule has 0 spiro atoms. The van der Waals surface area contributed by atoms with Crippen LogP contribution in [0.25, 0.3) is 11.1 Å². The predicted molar refractivity (Wildman–Crippen MR) is 143 cm³/mol. The zero-order chi connectivity index (χ0) is 26.6. The highest BCUT2D eigenvalue weighted by Crippen LogP contribution is 2.27. The van der Waals surface area contributed by atoms with Gasteiger partial charge in [-0.15, -0.1) is 0 Å². The summed E-state index contributed by atoms with van der Waals surface area (Å²) >= 11 is 0. The molecule has 0 aliphatic heterocycles. The lowest BCUT2D eigenvalue weighted by molar-refractivity contribution is 0.101. The quantitative estimate of drug-likeness (QED) is 0.236. The maximum absolute atomic E-state index is 12.9. The van der Waals surface area contributed by atoms with E-state index >= 15 is 0 Å². The second-order valence-corrected chi connectivity index (χ2v) is 9.75. The second kappa shape index (κ2) is 10.7. The second-order valence-electron chi connectivity index (χ2n) is 8.22. The maximum Gasteiger partial charge on any atom is 0.255 e. The van der Waals surface area contributed by atoms with E-state index in [0.717, 1.165) is 0 Å². The topological polar surface area (TPSA) is 170 Å². The van der Waals surface area contributed by atoms with Crippen molar-refractivity contribution in [1.29, 1.82) is 0 Å². The molecule has 0 bridgehead atoms. The zero-order valence-corrected chi connectivity index (χ0v) is 20.4. The molecule has 0 unspecified atom stereocenters. The lowest BCUT2D eigenvalue weighted by Gasteiger charge is -2.14. The van der Waals surface area contributed by atoms with Crippen LogP contribution in [-0.2, 0) is 10.0 Å². The average Bonchev–Trinajstić information content (AvgIpc) is 2.89. The Balaban J connectivity index is 1.52. The molecule has 0 radical (unpaired) electrons. The van der Waals surface area contributed by atoms with Crippen LogP contribution in [0.3, 0.4) is 0 Å². The normalized spacial score (nSPS) is 11.2. The van der Waals surface area contributed by atoms with Crippen molar-refractivity contribution in [3.05, 3.63) is 114 Å². The smallest absolute Gasteiger partial charge is 0.255 e. The Morgan fingerprint density at radius 2 is 1.24 bits per heavy atom. The third-order valence-corrected chi connectivity index (χ3v) is 6.58. The van der Waals surface area contributed by atoms with Crippen LogP contribution in [0, 0.1) is 0 Å². The van der Waals surface area contributed by atoms with Crippen molar-refractivity contribution < 1.29 is 18.0 Å². The van der Waals surface area contributed by atoms with Gasteiger partial charge in [-0.2, -0.15) is 0 Å². The van der Waals surface area contributed by atoms with E-state index < -0.39 is 22.1 Å². The molecule has 0 aliphatic carbocycles. The van der Waals surface area contributed by atoms with E-state index in [2.05, 4.69) is 10.6 Å². The van der Waals surface area contributed by atoms with E-state index in [9.17, 15) is 18.0 Å². The van der Waals surface area contributed by atoms with Crippen LogP contribution in [0.2, 0.25) is 0 Å². The monoisotopic (exact) mass is 515 g/mol. The van der Waals surface area contributed by atoms with Gasteiger partial charge in [0.05, 0.1) is 22.4 Å². The first-order valence-electron chi connectivity index (χ1n) is 11.2. The molecule has 0 fully saturated rings. The number of carbonyl (C=O) groups is 2. The van der Waals surface area contributed by atoms with Crippen molar-refractivity contribution in [2.24, 2.45) is 16.6 Å². The number of nitrogens with two attached hydrogens (primary N) is 3. The number of hydrogen-bond donors (Lipinski definition) is 5. The highest BCUT2D eigenvalue weighted by molar-refractivity contribution is 7.89. The molecule has 8 N–H and O–H groups in total. The van der Waals surface area contributed by atoms with Gasteiger partial charge < -0.3 is 22.1 Å². The van der Waals surface area contributed by atoms with Gasteiger partial charge in [-0.25, -0.2) is 13.6 Å². The number of hydrogen-bond acceptors (Lipinski definition) is 6. The van der Waals surface area contributed by atoms with Crippen LogP contribution in [0.1, 0.15) is 32.4 Å². The Bertz CT molecular complexity index is 1570. The van der Waals surface area contributed by atoms with Crippen LogP contribution in [0.15, 0.2) is 102 Å². The van der Waals surface area contributed by atoms with E-state index in [1.165, 1.54) is 6.07 Å². The largest absolute Gasteiger partial charge is 0.320 e. The first kappa shape index (κ1) is 25.7. The highest BCUT2D eigenvalue weighted by atomic mass is 32.2. The van der Waals surface area contributed by atoms with Crippen molar-refractivity contribution in [2.75, 3.05) is 10.6 Å². The molecule has 0 aliphatic rings. The summed E-state index contributed by atoms with van der Waals surface area (Å²) in [6, 6.07) is 26.3. The molecule has 4 rings (SSSR count). The number of primary sulfonamides is 1. The Kier molecular flexibility index (Phi) is 7.46.